The van der Waals surface area contributed by atoms with Crippen LogP contribution in [0.25, 0.3) is 5.70 Å². The molecule has 0 saturated heterocycles. The number of hydrogen-bond acceptors (Lipinski definition) is 5. The van der Waals surface area contributed by atoms with E-state index < -0.39 is 6.10 Å². The first kappa shape index (κ1) is 20.6. The highest BCUT2D eigenvalue weighted by Gasteiger charge is 2.35. The molecule has 0 radical (unpaired) electrons. The van der Waals surface area contributed by atoms with Gasteiger partial charge >= 0.3 is 0 Å². The second-order valence-electron chi connectivity index (χ2n) is 7.79. The molecule has 0 aliphatic carbocycles. The number of pyridine rings is 1. The van der Waals surface area contributed by atoms with Gasteiger partial charge in [-0.1, -0.05) is 44.2 Å². The number of carbonyl (C=O) groups is 1. The maximum Gasteiger partial charge on any atom is 0.263 e. The molecule has 0 saturated carbocycles. The van der Waals surface area contributed by atoms with Crippen LogP contribution in [0.5, 0.6) is 5.75 Å². The van der Waals surface area contributed by atoms with Gasteiger partial charge in [0.05, 0.1) is 11.7 Å². The van der Waals surface area contributed by atoms with Crippen molar-refractivity contribution in [3.63, 3.8) is 0 Å². The van der Waals surface area contributed by atoms with E-state index in [0.717, 1.165) is 16.8 Å². The van der Waals surface area contributed by atoms with E-state index in [4.69, 9.17) is 4.84 Å². The summed E-state index contributed by atoms with van der Waals surface area (Å²) in [6, 6.07) is 20.1. The summed E-state index contributed by atoms with van der Waals surface area (Å²) >= 11 is 0. The number of phenolic OH excluding ortho intramolecular Hbond substituents is 1. The van der Waals surface area contributed by atoms with Crippen molar-refractivity contribution in [3.8, 4) is 5.75 Å². The number of rotatable bonds is 6. The minimum atomic E-state index is -0.784. The number of carbonyl (C=O) groups excluding carboxylic acids is 1. The van der Waals surface area contributed by atoms with Crippen LogP contribution in [0.3, 0.4) is 0 Å². The standard InChI is InChI=1S/C25H25N3O3/c1-17(2)24(18-10-12-21(29)13-11-18)28(20-8-4-3-5-9-20)25(30)23-15-22(27-31-23)19-7-6-14-26-16-19/h3-17,23-24,27,29H,1-2H3. The van der Waals surface area contributed by atoms with Gasteiger partial charge in [0.25, 0.3) is 5.91 Å². The quantitative estimate of drug-likeness (QED) is 0.622. The van der Waals surface area contributed by atoms with E-state index in [1.165, 1.54) is 0 Å². The number of aromatic nitrogens is 1. The number of nitrogens with zero attached hydrogens (tertiary/aromatic N) is 2. The first-order valence-corrected chi connectivity index (χ1v) is 10.3. The van der Waals surface area contributed by atoms with E-state index >= 15 is 0 Å². The Labute approximate surface area is 181 Å². The Kier molecular flexibility index (Phi) is 6.00. The van der Waals surface area contributed by atoms with Gasteiger partial charge in [0, 0.05) is 23.6 Å². The number of benzene rings is 2. The van der Waals surface area contributed by atoms with Crippen LogP contribution < -0.4 is 10.4 Å². The average Bonchev–Trinajstić information content (AvgIpc) is 3.29. The Morgan fingerprint density at radius 2 is 1.81 bits per heavy atom. The van der Waals surface area contributed by atoms with Crippen LogP contribution in [0.2, 0.25) is 0 Å². The van der Waals surface area contributed by atoms with Crippen molar-refractivity contribution in [2.75, 3.05) is 4.90 Å². The molecule has 2 unspecified atom stereocenters. The summed E-state index contributed by atoms with van der Waals surface area (Å²) in [5.74, 6) is 0.130. The third kappa shape index (κ3) is 4.44. The van der Waals surface area contributed by atoms with Crippen molar-refractivity contribution in [3.05, 3.63) is 96.3 Å². The minimum absolute atomic E-state index is 0.116. The number of anilines is 1. The molecule has 1 amide bonds. The molecule has 6 heteroatoms. The molecule has 6 nitrogen and oxygen atoms in total. The zero-order valence-corrected chi connectivity index (χ0v) is 17.5. The average molecular weight is 415 g/mol. The summed E-state index contributed by atoms with van der Waals surface area (Å²) in [7, 11) is 0. The summed E-state index contributed by atoms with van der Waals surface area (Å²) in [4.78, 5) is 25.3. The number of hydrogen-bond donors (Lipinski definition) is 2. The third-order valence-electron chi connectivity index (χ3n) is 5.25. The lowest BCUT2D eigenvalue weighted by atomic mass is 9.93. The number of nitrogens with one attached hydrogen (secondary N) is 1. The van der Waals surface area contributed by atoms with E-state index in [0.29, 0.717) is 5.70 Å². The van der Waals surface area contributed by atoms with Crippen LogP contribution >= 0.6 is 0 Å². The van der Waals surface area contributed by atoms with Gasteiger partial charge in [-0.2, -0.15) is 0 Å². The van der Waals surface area contributed by atoms with Crippen LogP contribution in [0.15, 0.2) is 85.2 Å². The van der Waals surface area contributed by atoms with E-state index in [9.17, 15) is 9.90 Å². The van der Waals surface area contributed by atoms with Gasteiger partial charge in [-0.3, -0.25) is 20.1 Å². The van der Waals surface area contributed by atoms with E-state index in [1.54, 1.807) is 35.5 Å². The summed E-state index contributed by atoms with van der Waals surface area (Å²) in [5, 5.41) is 9.73. The molecule has 31 heavy (non-hydrogen) atoms. The van der Waals surface area contributed by atoms with Crippen molar-refractivity contribution >= 4 is 17.3 Å². The van der Waals surface area contributed by atoms with Gasteiger partial charge in [-0.25, -0.2) is 0 Å². The van der Waals surface area contributed by atoms with Crippen molar-refractivity contribution in [1.29, 1.82) is 0 Å². The van der Waals surface area contributed by atoms with Crippen LogP contribution in [0.4, 0.5) is 5.69 Å². The molecule has 4 rings (SSSR count). The molecular weight excluding hydrogens is 390 g/mol. The van der Waals surface area contributed by atoms with Crippen LogP contribution in [0.1, 0.15) is 31.0 Å². The maximum absolute atomic E-state index is 13.8. The van der Waals surface area contributed by atoms with Gasteiger partial charge in [0.2, 0.25) is 0 Å². The molecule has 1 aliphatic rings. The summed E-state index contributed by atoms with van der Waals surface area (Å²) in [5.41, 5.74) is 6.15. The predicted molar refractivity (Wildman–Crippen MR) is 120 cm³/mol. The van der Waals surface area contributed by atoms with E-state index in [2.05, 4.69) is 24.3 Å². The maximum atomic E-state index is 13.8. The van der Waals surface area contributed by atoms with Crippen molar-refractivity contribution in [2.45, 2.75) is 26.0 Å². The summed E-state index contributed by atoms with van der Waals surface area (Å²) in [6.45, 7) is 4.15. The number of aromatic hydroxyl groups is 1. The van der Waals surface area contributed by atoms with Crippen LogP contribution in [-0.4, -0.2) is 22.1 Å². The molecule has 2 aromatic carbocycles. The number of phenols is 1. The fraction of sp³-hybridized carbons (Fsp3) is 0.200. The third-order valence-corrected chi connectivity index (χ3v) is 5.25. The SMILES string of the molecule is CC(C)C(c1ccc(O)cc1)N(C(=O)C1C=C(c2cccnc2)NO1)c1ccccc1. The predicted octanol–water partition coefficient (Wildman–Crippen LogP) is 4.46. The molecule has 158 valence electrons. The normalized spacial score (nSPS) is 16.5. The molecule has 2 atom stereocenters. The Morgan fingerprint density at radius 3 is 2.45 bits per heavy atom. The molecule has 0 bridgehead atoms. The lowest BCUT2D eigenvalue weighted by Crippen LogP contribution is -2.43. The summed E-state index contributed by atoms with van der Waals surface area (Å²) < 4.78 is 0. The van der Waals surface area contributed by atoms with E-state index in [-0.39, 0.29) is 23.6 Å². The number of para-hydroxylation sites is 1. The number of amides is 1. The largest absolute Gasteiger partial charge is 0.508 e. The lowest BCUT2D eigenvalue weighted by Gasteiger charge is -2.36. The molecule has 1 aliphatic heterocycles. The second kappa shape index (κ2) is 9.02. The molecule has 2 heterocycles. The van der Waals surface area contributed by atoms with Crippen molar-refractivity contribution < 1.29 is 14.7 Å². The first-order chi connectivity index (χ1) is 15.0. The van der Waals surface area contributed by atoms with Crippen LogP contribution in [0, 0.1) is 5.92 Å². The van der Waals surface area contributed by atoms with Gasteiger partial charge in [-0.15, -0.1) is 0 Å². The number of hydroxylamine groups is 1. The van der Waals surface area contributed by atoms with Crippen molar-refractivity contribution in [1.82, 2.24) is 10.5 Å². The molecule has 0 spiro atoms. The fourth-order valence-electron chi connectivity index (χ4n) is 3.80. The lowest BCUT2D eigenvalue weighted by molar-refractivity contribution is -0.129. The molecule has 2 N–H and O–H groups in total. The molecule has 3 aromatic rings. The van der Waals surface area contributed by atoms with Crippen LogP contribution in [-0.2, 0) is 9.63 Å². The van der Waals surface area contributed by atoms with Gasteiger partial charge in [-0.05, 0) is 54.0 Å². The Bertz CT molecular complexity index is 1050. The zero-order chi connectivity index (χ0) is 21.8. The smallest absolute Gasteiger partial charge is 0.263 e. The molecule has 0 fully saturated rings. The molecule has 1 aromatic heterocycles. The fourth-order valence-corrected chi connectivity index (χ4v) is 3.80. The minimum Gasteiger partial charge on any atom is -0.508 e. The Balaban J connectivity index is 1.72. The van der Waals surface area contributed by atoms with Crippen molar-refractivity contribution in [2.24, 2.45) is 5.92 Å². The molecular formula is C25H25N3O3. The zero-order valence-electron chi connectivity index (χ0n) is 17.5. The highest BCUT2D eigenvalue weighted by atomic mass is 16.7. The highest BCUT2D eigenvalue weighted by molar-refractivity contribution is 5.99. The monoisotopic (exact) mass is 415 g/mol. The summed E-state index contributed by atoms with van der Waals surface area (Å²) in [6.07, 6.45) is 4.42. The van der Waals surface area contributed by atoms with Gasteiger partial charge in [0.15, 0.2) is 6.10 Å². The second-order valence-corrected chi connectivity index (χ2v) is 7.79. The Hall–Kier alpha value is -3.64. The van der Waals surface area contributed by atoms with E-state index in [1.807, 2.05) is 54.6 Å². The topological polar surface area (TPSA) is 74.7 Å². The van der Waals surface area contributed by atoms with Gasteiger partial charge in [0.1, 0.15) is 5.75 Å². The highest BCUT2D eigenvalue weighted by Crippen LogP contribution is 2.35. The Morgan fingerprint density at radius 1 is 1.06 bits per heavy atom. The first-order valence-electron chi connectivity index (χ1n) is 10.3. The van der Waals surface area contributed by atoms with Gasteiger partial charge < -0.3 is 10.0 Å².